The van der Waals surface area contributed by atoms with Gasteiger partial charge in [-0.3, -0.25) is 0 Å². The second-order valence-corrected chi connectivity index (χ2v) is 5.97. The van der Waals surface area contributed by atoms with Crippen molar-refractivity contribution in [1.82, 2.24) is 0 Å². The van der Waals surface area contributed by atoms with Gasteiger partial charge in [0.1, 0.15) is 5.75 Å². The number of phenolic OH excluding ortho intramolecular Hbond substituents is 2. The summed E-state index contributed by atoms with van der Waals surface area (Å²) >= 11 is 0. The molecule has 2 aromatic rings. The van der Waals surface area contributed by atoms with Crippen molar-refractivity contribution in [2.24, 2.45) is 11.8 Å². The Hall–Kier alpha value is -2.24. The van der Waals surface area contributed by atoms with Crippen LogP contribution in [0.3, 0.4) is 0 Å². The number of hydrogen-bond acceptors (Lipinski definition) is 5. The predicted octanol–water partition coefficient (Wildman–Crippen LogP) is 2.11. The first-order valence-electron chi connectivity index (χ1n) is 7.92. The van der Waals surface area contributed by atoms with Crippen LogP contribution in [-0.2, 0) is 12.8 Å². The number of phenols is 2. The van der Waals surface area contributed by atoms with Gasteiger partial charge < -0.3 is 25.2 Å². The van der Waals surface area contributed by atoms with Crippen LogP contribution < -0.4 is 4.74 Å². The van der Waals surface area contributed by atoms with Gasteiger partial charge in [0.05, 0.1) is 7.11 Å². The number of aliphatic hydroxyl groups is 2. The zero-order valence-electron chi connectivity index (χ0n) is 13.7. The van der Waals surface area contributed by atoms with E-state index in [-0.39, 0.29) is 36.5 Å². The van der Waals surface area contributed by atoms with E-state index in [4.69, 9.17) is 4.74 Å². The molecule has 2 rings (SSSR count). The van der Waals surface area contributed by atoms with Gasteiger partial charge >= 0.3 is 0 Å². The summed E-state index contributed by atoms with van der Waals surface area (Å²) in [6.07, 6.45) is 1.17. The number of aromatic hydroxyl groups is 2. The molecule has 0 saturated carbocycles. The quantitative estimate of drug-likeness (QED) is 0.594. The molecule has 2 aromatic carbocycles. The van der Waals surface area contributed by atoms with Gasteiger partial charge in [0.2, 0.25) is 0 Å². The molecule has 0 aliphatic carbocycles. The zero-order chi connectivity index (χ0) is 17.5. The number of hydrogen-bond donors (Lipinski definition) is 4. The van der Waals surface area contributed by atoms with E-state index in [1.165, 1.54) is 7.11 Å². The molecule has 5 nitrogen and oxygen atoms in total. The number of aliphatic hydroxyl groups excluding tert-OH is 2. The molecular weight excluding hydrogens is 308 g/mol. The SMILES string of the molecule is COc1cc(C[C@@H](CO)[C@@H](CO)Cc2ccc(O)cc2)ccc1O. The van der Waals surface area contributed by atoms with Crippen molar-refractivity contribution in [3.63, 3.8) is 0 Å². The minimum atomic E-state index is -0.127. The Morgan fingerprint density at radius 1 is 0.833 bits per heavy atom. The molecule has 0 saturated heterocycles. The molecule has 0 spiro atoms. The van der Waals surface area contributed by atoms with Crippen molar-refractivity contribution in [1.29, 1.82) is 0 Å². The molecule has 0 fully saturated rings. The summed E-state index contributed by atoms with van der Waals surface area (Å²) in [5, 5.41) is 38.5. The Kier molecular flexibility index (Phi) is 6.46. The summed E-state index contributed by atoms with van der Waals surface area (Å²) in [6, 6.07) is 12.0. The van der Waals surface area contributed by atoms with E-state index in [1.807, 2.05) is 12.1 Å². The second kappa shape index (κ2) is 8.57. The average molecular weight is 332 g/mol. The van der Waals surface area contributed by atoms with Crippen molar-refractivity contribution in [2.75, 3.05) is 20.3 Å². The summed E-state index contributed by atoms with van der Waals surface area (Å²) < 4.78 is 5.11. The van der Waals surface area contributed by atoms with Crippen molar-refractivity contribution in [3.05, 3.63) is 53.6 Å². The van der Waals surface area contributed by atoms with Crippen LogP contribution >= 0.6 is 0 Å². The van der Waals surface area contributed by atoms with Crippen LogP contribution in [0.25, 0.3) is 0 Å². The molecule has 2 atom stereocenters. The van der Waals surface area contributed by atoms with Crippen LogP contribution in [0.2, 0.25) is 0 Å². The van der Waals surface area contributed by atoms with Gasteiger partial charge in [-0.2, -0.15) is 0 Å². The van der Waals surface area contributed by atoms with Gasteiger partial charge in [0.15, 0.2) is 11.5 Å². The lowest BCUT2D eigenvalue weighted by Crippen LogP contribution is -2.26. The third-order valence-electron chi connectivity index (χ3n) is 4.31. The highest BCUT2D eigenvalue weighted by atomic mass is 16.5. The van der Waals surface area contributed by atoms with Gasteiger partial charge in [0.25, 0.3) is 0 Å². The van der Waals surface area contributed by atoms with E-state index < -0.39 is 0 Å². The first-order chi connectivity index (χ1) is 11.6. The highest BCUT2D eigenvalue weighted by molar-refractivity contribution is 5.41. The Morgan fingerprint density at radius 2 is 1.38 bits per heavy atom. The minimum absolute atomic E-state index is 0.0404. The molecule has 4 N–H and O–H groups in total. The van der Waals surface area contributed by atoms with Crippen LogP contribution in [0.5, 0.6) is 17.2 Å². The van der Waals surface area contributed by atoms with E-state index in [1.54, 1.807) is 30.3 Å². The normalized spacial score (nSPS) is 13.5. The Labute approximate surface area is 141 Å². The van der Waals surface area contributed by atoms with Crippen molar-refractivity contribution >= 4 is 0 Å². The summed E-state index contributed by atoms with van der Waals surface area (Å²) in [5.74, 6) is 0.430. The van der Waals surface area contributed by atoms with Crippen LogP contribution in [0.1, 0.15) is 11.1 Å². The predicted molar refractivity (Wildman–Crippen MR) is 91.3 cm³/mol. The summed E-state index contributed by atoms with van der Waals surface area (Å²) in [4.78, 5) is 0. The van der Waals surface area contributed by atoms with E-state index in [0.29, 0.717) is 18.6 Å². The number of methoxy groups -OCH3 is 1. The van der Waals surface area contributed by atoms with E-state index in [2.05, 4.69) is 0 Å². The highest BCUT2D eigenvalue weighted by Crippen LogP contribution is 2.29. The zero-order valence-corrected chi connectivity index (χ0v) is 13.7. The van der Waals surface area contributed by atoms with Crippen LogP contribution in [0, 0.1) is 11.8 Å². The minimum Gasteiger partial charge on any atom is -0.508 e. The second-order valence-electron chi connectivity index (χ2n) is 5.97. The Bertz CT molecular complexity index is 639. The molecule has 0 bridgehead atoms. The fourth-order valence-electron chi connectivity index (χ4n) is 2.85. The van der Waals surface area contributed by atoms with Crippen molar-refractivity contribution < 1.29 is 25.2 Å². The van der Waals surface area contributed by atoms with Crippen LogP contribution in [-0.4, -0.2) is 40.7 Å². The highest BCUT2D eigenvalue weighted by Gasteiger charge is 2.21. The van der Waals surface area contributed by atoms with E-state index in [0.717, 1.165) is 11.1 Å². The van der Waals surface area contributed by atoms with E-state index >= 15 is 0 Å². The lowest BCUT2D eigenvalue weighted by atomic mass is 9.83. The summed E-state index contributed by atoms with van der Waals surface area (Å²) in [7, 11) is 1.49. The third kappa shape index (κ3) is 4.63. The average Bonchev–Trinajstić information content (AvgIpc) is 2.60. The molecule has 24 heavy (non-hydrogen) atoms. The van der Waals surface area contributed by atoms with Crippen LogP contribution in [0.4, 0.5) is 0 Å². The topological polar surface area (TPSA) is 90.2 Å². The van der Waals surface area contributed by atoms with Gasteiger partial charge in [-0.15, -0.1) is 0 Å². The molecule has 0 heterocycles. The molecule has 0 radical (unpaired) electrons. The van der Waals surface area contributed by atoms with Gasteiger partial charge in [-0.1, -0.05) is 18.2 Å². The maximum absolute atomic E-state index is 9.76. The molecule has 0 amide bonds. The largest absolute Gasteiger partial charge is 0.508 e. The summed E-state index contributed by atoms with van der Waals surface area (Å²) in [5.41, 5.74) is 1.92. The Morgan fingerprint density at radius 3 is 1.92 bits per heavy atom. The molecule has 0 aliphatic heterocycles. The standard InChI is InChI=1S/C19H24O5/c1-24-19-10-14(4-7-18(19)23)9-16(12-21)15(11-20)8-13-2-5-17(22)6-3-13/h2-7,10,15-16,20-23H,8-9,11-12H2,1H3/t15-,16+/m1/s1. The lowest BCUT2D eigenvalue weighted by molar-refractivity contribution is 0.119. The number of ether oxygens (including phenoxy) is 1. The molecular formula is C19H24O5. The third-order valence-corrected chi connectivity index (χ3v) is 4.31. The maximum atomic E-state index is 9.76. The molecule has 0 unspecified atom stereocenters. The lowest BCUT2D eigenvalue weighted by Gasteiger charge is -2.24. The van der Waals surface area contributed by atoms with E-state index in [9.17, 15) is 20.4 Å². The molecule has 5 heteroatoms. The van der Waals surface area contributed by atoms with Gasteiger partial charge in [-0.05, 0) is 60.1 Å². The number of rotatable bonds is 8. The van der Waals surface area contributed by atoms with Crippen LogP contribution in [0.15, 0.2) is 42.5 Å². The van der Waals surface area contributed by atoms with Crippen molar-refractivity contribution in [2.45, 2.75) is 12.8 Å². The number of benzene rings is 2. The monoisotopic (exact) mass is 332 g/mol. The molecule has 0 aromatic heterocycles. The maximum Gasteiger partial charge on any atom is 0.160 e. The smallest absolute Gasteiger partial charge is 0.160 e. The van der Waals surface area contributed by atoms with Gasteiger partial charge in [0, 0.05) is 13.2 Å². The fraction of sp³-hybridized carbons (Fsp3) is 0.368. The molecule has 130 valence electrons. The first kappa shape index (κ1) is 18.1. The van der Waals surface area contributed by atoms with Gasteiger partial charge in [-0.25, -0.2) is 0 Å². The van der Waals surface area contributed by atoms with Crippen molar-refractivity contribution in [3.8, 4) is 17.2 Å². The first-order valence-corrected chi connectivity index (χ1v) is 7.92. The fourth-order valence-corrected chi connectivity index (χ4v) is 2.85. The summed E-state index contributed by atoms with van der Waals surface area (Å²) in [6.45, 7) is -0.0895. The Balaban J connectivity index is 2.11. The molecule has 0 aliphatic rings.